The van der Waals surface area contributed by atoms with Gasteiger partial charge in [0.2, 0.25) is 0 Å². The summed E-state index contributed by atoms with van der Waals surface area (Å²) in [5.74, 6) is -0.629. The Hall–Kier alpha value is -2.63. The number of amides is 2. The molecule has 2 aromatic rings. The highest BCUT2D eigenvalue weighted by atomic mass is 31.1. The van der Waals surface area contributed by atoms with Gasteiger partial charge in [-0.2, -0.15) is 0 Å². The van der Waals surface area contributed by atoms with Crippen LogP contribution < -0.4 is 9.42 Å². The van der Waals surface area contributed by atoms with Gasteiger partial charge in [-0.1, -0.05) is 12.1 Å². The zero-order chi connectivity index (χ0) is 15.7. The van der Waals surface area contributed by atoms with Gasteiger partial charge in [-0.05, 0) is 12.1 Å². The number of rotatable bonds is 4. The van der Waals surface area contributed by atoms with Gasteiger partial charge in [-0.3, -0.25) is 9.59 Å². The molecule has 1 aliphatic heterocycles. The number of anilines is 1. The molecule has 0 saturated carbocycles. The summed E-state index contributed by atoms with van der Waals surface area (Å²) >= 11 is 0. The van der Waals surface area contributed by atoms with E-state index in [1.165, 1.54) is 25.4 Å². The molecule has 2 amide bonds. The van der Waals surface area contributed by atoms with Crippen LogP contribution in [0.5, 0.6) is 5.75 Å². The van der Waals surface area contributed by atoms with Crippen molar-refractivity contribution in [3.05, 3.63) is 53.7 Å². The molecule has 0 bridgehead atoms. The predicted molar refractivity (Wildman–Crippen MR) is 77.1 cm³/mol. The lowest BCUT2D eigenvalue weighted by Crippen LogP contribution is -2.30. The number of pyridine rings is 1. The molecule has 1 atom stereocenters. The standard InChI is InChI=1S/C14H10N2O5P/c1-20-22(19)21-9-6-7-15-12(8-9)16-13(17)10-4-2-3-5-11(10)14(16)18/h2-8H,1H3/q+1. The normalized spacial score (nSPS) is 14.0. The highest BCUT2D eigenvalue weighted by Crippen LogP contribution is 2.32. The highest BCUT2D eigenvalue weighted by Gasteiger charge is 2.37. The minimum absolute atomic E-state index is 0.100. The van der Waals surface area contributed by atoms with Crippen LogP contribution in [-0.2, 0) is 9.09 Å². The van der Waals surface area contributed by atoms with Crippen LogP contribution in [-0.4, -0.2) is 23.9 Å². The van der Waals surface area contributed by atoms with E-state index in [0.29, 0.717) is 11.1 Å². The van der Waals surface area contributed by atoms with Crippen LogP contribution in [0.4, 0.5) is 5.82 Å². The summed E-state index contributed by atoms with van der Waals surface area (Å²) in [6, 6.07) is 9.34. The Labute approximate surface area is 126 Å². The number of hydrogen-bond donors (Lipinski definition) is 0. The Morgan fingerprint density at radius 3 is 2.32 bits per heavy atom. The van der Waals surface area contributed by atoms with Gasteiger partial charge in [-0.15, -0.1) is 4.52 Å². The van der Waals surface area contributed by atoms with Crippen molar-refractivity contribution >= 4 is 25.9 Å². The first kappa shape index (κ1) is 14.3. The van der Waals surface area contributed by atoms with Gasteiger partial charge in [0.25, 0.3) is 11.8 Å². The molecule has 7 nitrogen and oxygen atoms in total. The minimum atomic E-state index is -2.31. The van der Waals surface area contributed by atoms with E-state index < -0.39 is 20.1 Å². The highest BCUT2D eigenvalue weighted by molar-refractivity contribution is 7.33. The third kappa shape index (κ3) is 2.36. The van der Waals surface area contributed by atoms with Crippen molar-refractivity contribution in [2.45, 2.75) is 0 Å². The van der Waals surface area contributed by atoms with Crippen LogP contribution in [0.1, 0.15) is 20.7 Å². The largest absolute Gasteiger partial charge is 0.749 e. The van der Waals surface area contributed by atoms with E-state index in [9.17, 15) is 14.2 Å². The molecule has 22 heavy (non-hydrogen) atoms. The molecule has 1 aliphatic rings. The van der Waals surface area contributed by atoms with Gasteiger partial charge in [0.15, 0.2) is 5.75 Å². The van der Waals surface area contributed by atoms with Gasteiger partial charge in [0, 0.05) is 22.9 Å². The monoisotopic (exact) mass is 317 g/mol. The number of benzene rings is 1. The molecule has 8 heteroatoms. The molecule has 1 unspecified atom stereocenters. The van der Waals surface area contributed by atoms with Gasteiger partial charge < -0.3 is 0 Å². The quantitative estimate of drug-likeness (QED) is 0.636. The van der Waals surface area contributed by atoms with Crippen molar-refractivity contribution in [2.24, 2.45) is 0 Å². The van der Waals surface area contributed by atoms with Crippen molar-refractivity contribution in [2.75, 3.05) is 12.0 Å². The molecule has 0 aliphatic carbocycles. The maximum absolute atomic E-state index is 12.3. The van der Waals surface area contributed by atoms with Crippen LogP contribution in [0.15, 0.2) is 42.6 Å². The van der Waals surface area contributed by atoms with Crippen molar-refractivity contribution in [3.8, 4) is 5.75 Å². The topological polar surface area (TPSA) is 85.8 Å². The Kier molecular flexibility index (Phi) is 3.66. The predicted octanol–water partition coefficient (Wildman–Crippen LogP) is 2.56. The number of nitrogens with zero attached hydrogens (tertiary/aromatic N) is 2. The fourth-order valence-corrected chi connectivity index (χ4v) is 2.46. The maximum atomic E-state index is 12.3. The molecule has 1 aromatic carbocycles. The Balaban J connectivity index is 1.96. The van der Waals surface area contributed by atoms with Crippen LogP contribution in [0.2, 0.25) is 0 Å². The van der Waals surface area contributed by atoms with E-state index in [2.05, 4.69) is 9.51 Å². The smallest absolute Gasteiger partial charge is 0.268 e. The Morgan fingerprint density at radius 1 is 1.09 bits per heavy atom. The van der Waals surface area contributed by atoms with Crippen molar-refractivity contribution in [1.82, 2.24) is 4.98 Å². The summed E-state index contributed by atoms with van der Waals surface area (Å²) in [6.45, 7) is 0. The summed E-state index contributed by atoms with van der Waals surface area (Å²) in [4.78, 5) is 29.6. The molecular weight excluding hydrogens is 307 g/mol. The van der Waals surface area contributed by atoms with Crippen molar-refractivity contribution in [3.63, 3.8) is 0 Å². The van der Waals surface area contributed by atoms with Gasteiger partial charge in [0.1, 0.15) is 5.82 Å². The average molecular weight is 317 g/mol. The summed E-state index contributed by atoms with van der Waals surface area (Å²) in [5.41, 5.74) is 0.646. The van der Waals surface area contributed by atoms with E-state index in [1.54, 1.807) is 24.3 Å². The molecule has 0 fully saturated rings. The molecule has 0 spiro atoms. The lowest BCUT2D eigenvalue weighted by molar-refractivity contribution is 0.0925. The summed E-state index contributed by atoms with van der Waals surface area (Å²) < 4.78 is 20.8. The van der Waals surface area contributed by atoms with Gasteiger partial charge in [-0.25, -0.2) is 14.4 Å². The lowest BCUT2D eigenvalue weighted by Gasteiger charge is -2.12. The third-order valence-electron chi connectivity index (χ3n) is 3.07. The molecular formula is C14H10N2O5P+. The number of fused-ring (bicyclic) bond motifs is 1. The fourth-order valence-electron chi connectivity index (χ4n) is 2.10. The lowest BCUT2D eigenvalue weighted by atomic mass is 10.1. The number of aromatic nitrogens is 1. The van der Waals surface area contributed by atoms with Crippen LogP contribution in [0, 0.1) is 0 Å². The number of carbonyl (C=O) groups is 2. The van der Waals surface area contributed by atoms with Gasteiger partial charge in [0.05, 0.1) is 18.2 Å². The molecule has 3 rings (SSSR count). The summed E-state index contributed by atoms with van der Waals surface area (Å²) in [5, 5.41) is 0. The van der Waals surface area contributed by atoms with Crippen LogP contribution >= 0.6 is 8.25 Å². The van der Waals surface area contributed by atoms with E-state index >= 15 is 0 Å². The Morgan fingerprint density at radius 2 is 1.73 bits per heavy atom. The average Bonchev–Trinajstić information content (AvgIpc) is 2.79. The van der Waals surface area contributed by atoms with Crippen molar-refractivity contribution in [1.29, 1.82) is 0 Å². The summed E-state index contributed by atoms with van der Waals surface area (Å²) in [7, 11) is -1.07. The second-order valence-corrected chi connectivity index (χ2v) is 5.33. The zero-order valence-corrected chi connectivity index (χ0v) is 12.3. The molecule has 0 saturated heterocycles. The first-order valence-electron chi connectivity index (χ1n) is 6.25. The maximum Gasteiger partial charge on any atom is 0.749 e. The molecule has 2 heterocycles. The van der Waals surface area contributed by atoms with Gasteiger partial charge >= 0.3 is 8.25 Å². The second kappa shape index (κ2) is 5.63. The van der Waals surface area contributed by atoms with E-state index in [0.717, 1.165) is 4.90 Å². The van der Waals surface area contributed by atoms with E-state index in [-0.39, 0.29) is 11.6 Å². The zero-order valence-electron chi connectivity index (χ0n) is 11.4. The first-order valence-corrected chi connectivity index (χ1v) is 7.34. The number of imide groups is 1. The van der Waals surface area contributed by atoms with E-state index in [4.69, 9.17) is 4.52 Å². The molecule has 110 valence electrons. The van der Waals surface area contributed by atoms with Crippen LogP contribution in [0.3, 0.4) is 0 Å². The first-order chi connectivity index (χ1) is 10.6. The SMILES string of the molecule is CO[P+](=O)Oc1ccnc(N2C(=O)c3ccccc3C2=O)c1. The number of hydrogen-bond acceptors (Lipinski definition) is 6. The molecule has 0 radical (unpaired) electrons. The number of carbonyl (C=O) groups excluding carboxylic acids is 2. The summed E-state index contributed by atoms with van der Waals surface area (Å²) in [6.07, 6.45) is 1.35. The third-order valence-corrected chi connectivity index (χ3v) is 3.73. The minimum Gasteiger partial charge on any atom is -0.268 e. The fraction of sp³-hybridized carbons (Fsp3) is 0.0714. The van der Waals surface area contributed by atoms with Crippen LogP contribution in [0.25, 0.3) is 0 Å². The molecule has 0 N–H and O–H groups in total. The Bertz CT molecular complexity index is 757. The van der Waals surface area contributed by atoms with Crippen molar-refractivity contribution < 1.29 is 23.2 Å². The molecule has 1 aromatic heterocycles. The van der Waals surface area contributed by atoms with E-state index in [1.807, 2.05) is 0 Å². The second-order valence-electron chi connectivity index (χ2n) is 4.34.